The van der Waals surface area contributed by atoms with Crippen LogP contribution in [-0.4, -0.2) is 9.00 Å². The van der Waals surface area contributed by atoms with E-state index in [1.54, 1.807) is 0 Å². The summed E-state index contributed by atoms with van der Waals surface area (Å²) in [6, 6.07) is 0. The lowest BCUT2D eigenvalue weighted by Crippen LogP contribution is -2.11. The van der Waals surface area contributed by atoms with Crippen molar-refractivity contribution in [2.45, 2.75) is 9.00 Å². The topological polar surface area (TPSA) is 9.23 Å². The molecule has 0 fully saturated rings. The molecule has 0 spiro atoms. The Morgan fingerprint density at radius 2 is 1.50 bits per heavy atom. The van der Waals surface area contributed by atoms with Crippen LogP contribution in [0.4, 0.5) is 0 Å². The minimum absolute atomic E-state index is 1.11. The molecule has 0 aromatic carbocycles. The monoisotopic (exact) mass is 216 g/mol. The molecule has 0 bridgehead atoms. The zero-order valence-corrected chi connectivity index (χ0v) is 7.16. The van der Waals surface area contributed by atoms with E-state index >= 15 is 0 Å². The molecular formula is C2HCl5O. The second-order valence-corrected chi connectivity index (χ2v) is 4.02. The van der Waals surface area contributed by atoms with E-state index in [2.05, 4.69) is 4.74 Å². The highest BCUT2D eigenvalue weighted by atomic mass is 35.6. The molecule has 0 atom stereocenters. The van der Waals surface area contributed by atoms with E-state index < -0.39 is 9.00 Å². The fraction of sp³-hybridized carbons (Fsp3) is 1.00. The predicted molar refractivity (Wildman–Crippen MR) is 36.9 cm³/mol. The first-order chi connectivity index (χ1) is 3.42. The standard InChI is InChI=1S/C2HCl5O/c3-1(4)8-2(5,6)7/h1H. The SMILES string of the molecule is ClC(Cl)OC(Cl)(Cl)Cl. The van der Waals surface area contributed by atoms with Crippen molar-refractivity contribution in [3.8, 4) is 0 Å². The molecule has 0 saturated heterocycles. The summed E-state index contributed by atoms with van der Waals surface area (Å²) >= 11 is 25.3. The molecule has 0 amide bonds. The fourth-order valence-corrected chi connectivity index (χ4v) is 0.909. The summed E-state index contributed by atoms with van der Waals surface area (Å²) in [6.07, 6.45) is 0. The minimum Gasteiger partial charge on any atom is -0.300 e. The minimum atomic E-state index is -1.83. The van der Waals surface area contributed by atoms with Crippen molar-refractivity contribution in [3.63, 3.8) is 0 Å². The third-order valence-electron chi connectivity index (χ3n) is 0.223. The Balaban J connectivity index is 3.39. The van der Waals surface area contributed by atoms with E-state index in [4.69, 9.17) is 58.0 Å². The average Bonchev–Trinajstić information content (AvgIpc) is 1.21. The van der Waals surface area contributed by atoms with E-state index in [0.29, 0.717) is 0 Å². The van der Waals surface area contributed by atoms with Gasteiger partial charge >= 0.3 is 0 Å². The molecule has 50 valence electrons. The van der Waals surface area contributed by atoms with Crippen LogP contribution < -0.4 is 0 Å². The Kier molecular flexibility index (Phi) is 4.17. The third-order valence-corrected chi connectivity index (χ3v) is 0.668. The van der Waals surface area contributed by atoms with Crippen LogP contribution in [0.2, 0.25) is 0 Å². The van der Waals surface area contributed by atoms with E-state index in [0.717, 1.165) is 0 Å². The van der Waals surface area contributed by atoms with Gasteiger partial charge in [0.05, 0.1) is 0 Å². The van der Waals surface area contributed by atoms with Crippen molar-refractivity contribution >= 4 is 58.0 Å². The van der Waals surface area contributed by atoms with Gasteiger partial charge < -0.3 is 4.74 Å². The van der Waals surface area contributed by atoms with Gasteiger partial charge in [0.25, 0.3) is 3.98 Å². The van der Waals surface area contributed by atoms with Gasteiger partial charge in [0, 0.05) is 0 Å². The van der Waals surface area contributed by atoms with E-state index in [1.807, 2.05) is 0 Å². The van der Waals surface area contributed by atoms with Gasteiger partial charge in [0.1, 0.15) is 0 Å². The van der Waals surface area contributed by atoms with Crippen LogP contribution >= 0.6 is 58.0 Å². The first kappa shape index (κ1) is 9.41. The first-order valence-electron chi connectivity index (χ1n) is 1.44. The quantitative estimate of drug-likeness (QED) is 0.614. The fourth-order valence-electron chi connectivity index (χ4n) is 0.101. The zero-order chi connectivity index (χ0) is 6.78. The van der Waals surface area contributed by atoms with Crippen molar-refractivity contribution < 1.29 is 4.74 Å². The highest BCUT2D eigenvalue weighted by molar-refractivity contribution is 6.66. The summed E-state index contributed by atoms with van der Waals surface area (Å²) < 4.78 is 2.44. The maximum absolute atomic E-state index is 5.07. The summed E-state index contributed by atoms with van der Waals surface area (Å²) in [7, 11) is 0. The molecule has 0 saturated carbocycles. The van der Waals surface area contributed by atoms with Crippen molar-refractivity contribution in [2.24, 2.45) is 0 Å². The zero-order valence-electron chi connectivity index (χ0n) is 3.38. The van der Waals surface area contributed by atoms with Gasteiger partial charge in [-0.1, -0.05) is 58.0 Å². The molecule has 0 unspecified atom stereocenters. The van der Waals surface area contributed by atoms with Crippen LogP contribution in [0.3, 0.4) is 0 Å². The third kappa shape index (κ3) is 7.41. The maximum atomic E-state index is 5.07. The van der Waals surface area contributed by atoms with Gasteiger partial charge in [0.15, 0.2) is 0 Å². The molecule has 0 aliphatic rings. The van der Waals surface area contributed by atoms with Crippen LogP contribution in [0.15, 0.2) is 0 Å². The largest absolute Gasteiger partial charge is 0.300 e. The second-order valence-electron chi connectivity index (χ2n) is 0.824. The van der Waals surface area contributed by atoms with E-state index in [-0.39, 0.29) is 0 Å². The summed E-state index contributed by atoms with van der Waals surface area (Å²) in [4.78, 5) is 0. The van der Waals surface area contributed by atoms with Gasteiger partial charge in [-0.25, -0.2) is 0 Å². The van der Waals surface area contributed by atoms with Crippen molar-refractivity contribution in [1.82, 2.24) is 0 Å². The number of ether oxygens (including phenoxy) is 1. The highest BCUT2D eigenvalue weighted by Crippen LogP contribution is 2.30. The Morgan fingerprint density at radius 1 is 1.12 bits per heavy atom. The molecule has 0 radical (unpaired) electrons. The van der Waals surface area contributed by atoms with Crippen LogP contribution in [0.1, 0.15) is 0 Å². The van der Waals surface area contributed by atoms with Crippen molar-refractivity contribution in [1.29, 1.82) is 0 Å². The van der Waals surface area contributed by atoms with Crippen molar-refractivity contribution in [3.05, 3.63) is 0 Å². The lowest BCUT2D eigenvalue weighted by atomic mass is 11.5. The highest BCUT2D eigenvalue weighted by Gasteiger charge is 2.23. The first-order valence-corrected chi connectivity index (χ1v) is 3.45. The molecule has 0 aliphatic carbocycles. The van der Waals surface area contributed by atoms with Crippen LogP contribution in [0, 0.1) is 0 Å². The van der Waals surface area contributed by atoms with Gasteiger partial charge in [-0.2, -0.15) is 0 Å². The van der Waals surface area contributed by atoms with Gasteiger partial charge in [-0.3, -0.25) is 0 Å². The normalized spacial score (nSPS) is 12.8. The smallest absolute Gasteiger partial charge is 0.299 e. The summed E-state index contributed by atoms with van der Waals surface area (Å²) in [5, 5.41) is -1.11. The van der Waals surface area contributed by atoms with Crippen molar-refractivity contribution in [2.75, 3.05) is 0 Å². The summed E-state index contributed by atoms with van der Waals surface area (Å²) in [5.41, 5.74) is 0. The molecule has 0 aliphatic heterocycles. The summed E-state index contributed by atoms with van der Waals surface area (Å²) in [6.45, 7) is 0. The molecule has 8 heavy (non-hydrogen) atoms. The maximum Gasteiger partial charge on any atom is 0.299 e. The molecule has 1 nitrogen and oxygen atoms in total. The Bertz CT molecular complexity index is 65.3. The Labute approximate surface area is 71.7 Å². The molecule has 0 aromatic rings. The number of rotatable bonds is 1. The van der Waals surface area contributed by atoms with Crippen LogP contribution in [-0.2, 0) is 4.74 Å². The Morgan fingerprint density at radius 3 is 1.50 bits per heavy atom. The van der Waals surface area contributed by atoms with Gasteiger partial charge in [0.2, 0.25) is 5.02 Å². The average molecular weight is 218 g/mol. The van der Waals surface area contributed by atoms with E-state index in [9.17, 15) is 0 Å². The molecule has 0 N–H and O–H groups in total. The van der Waals surface area contributed by atoms with Crippen LogP contribution in [0.25, 0.3) is 0 Å². The number of alkyl halides is 5. The molecule has 0 aromatic heterocycles. The lowest BCUT2D eigenvalue weighted by Gasteiger charge is -2.11. The second kappa shape index (κ2) is 3.55. The Hall–Kier alpha value is 1.41. The molecular weight excluding hydrogens is 217 g/mol. The lowest BCUT2D eigenvalue weighted by molar-refractivity contribution is 0.151. The number of hydrogen-bond acceptors (Lipinski definition) is 1. The number of hydrogen-bond donors (Lipinski definition) is 0. The molecule has 0 rings (SSSR count). The predicted octanol–water partition coefficient (Wildman–Crippen LogP) is 3.09. The van der Waals surface area contributed by atoms with E-state index in [1.165, 1.54) is 0 Å². The number of halogens is 5. The van der Waals surface area contributed by atoms with Crippen LogP contribution in [0.5, 0.6) is 0 Å². The molecule has 6 heteroatoms. The molecule has 0 heterocycles. The van der Waals surface area contributed by atoms with Gasteiger partial charge in [-0.05, 0) is 0 Å². The van der Waals surface area contributed by atoms with Gasteiger partial charge in [-0.15, -0.1) is 0 Å². The summed E-state index contributed by atoms with van der Waals surface area (Å²) in [5.74, 6) is 0.